The summed E-state index contributed by atoms with van der Waals surface area (Å²) in [5, 5.41) is 4.93. The van der Waals surface area contributed by atoms with Crippen molar-refractivity contribution in [1.82, 2.24) is 15.0 Å². The summed E-state index contributed by atoms with van der Waals surface area (Å²) < 4.78 is 0. The third-order valence-electron chi connectivity index (χ3n) is 9.34. The van der Waals surface area contributed by atoms with Crippen molar-refractivity contribution in [2.24, 2.45) is 0 Å². The van der Waals surface area contributed by atoms with Gasteiger partial charge in [-0.3, -0.25) is 4.98 Å². The van der Waals surface area contributed by atoms with Crippen LogP contribution in [0.2, 0.25) is 0 Å². The molecule has 0 unspecified atom stereocenters. The molecule has 0 spiro atoms. The first kappa shape index (κ1) is 29.4. The second-order valence-electron chi connectivity index (χ2n) is 12.4. The van der Waals surface area contributed by atoms with Gasteiger partial charge in [-0.05, 0) is 68.1 Å². The van der Waals surface area contributed by atoms with Crippen LogP contribution in [-0.2, 0) is 0 Å². The molecule has 0 radical (unpaired) electrons. The molecular weight excluding hydrogens is 607 g/mol. The van der Waals surface area contributed by atoms with Gasteiger partial charge in [0.25, 0.3) is 0 Å². The molecule has 50 heavy (non-hydrogen) atoms. The number of pyridine rings is 1. The second kappa shape index (κ2) is 12.7. The maximum Gasteiger partial charge on any atom is 0.160 e. The van der Waals surface area contributed by atoms with Crippen LogP contribution in [0, 0.1) is 0 Å². The van der Waals surface area contributed by atoms with Gasteiger partial charge in [0.2, 0.25) is 0 Å². The van der Waals surface area contributed by atoms with Crippen LogP contribution in [0.25, 0.3) is 89.0 Å². The van der Waals surface area contributed by atoms with E-state index in [9.17, 15) is 0 Å². The minimum atomic E-state index is 0.695. The van der Waals surface area contributed by atoms with E-state index >= 15 is 0 Å². The molecule has 0 aliphatic heterocycles. The van der Waals surface area contributed by atoms with Crippen molar-refractivity contribution >= 4 is 21.5 Å². The fraction of sp³-hybridized carbons (Fsp3) is 0. The number of rotatable bonds is 6. The Kier molecular flexibility index (Phi) is 7.49. The summed E-state index contributed by atoms with van der Waals surface area (Å²) in [4.78, 5) is 14.8. The van der Waals surface area contributed by atoms with Crippen molar-refractivity contribution in [3.63, 3.8) is 0 Å². The molecule has 0 aliphatic rings. The number of nitrogens with zero attached hydrogens (tertiary/aromatic N) is 3. The molecule has 0 aliphatic carbocycles. The zero-order chi connectivity index (χ0) is 33.3. The highest BCUT2D eigenvalue weighted by molar-refractivity contribution is 6.21. The largest absolute Gasteiger partial charge is 0.256 e. The van der Waals surface area contributed by atoms with E-state index in [1.54, 1.807) is 0 Å². The van der Waals surface area contributed by atoms with Crippen LogP contribution in [0.3, 0.4) is 0 Å². The van der Waals surface area contributed by atoms with E-state index in [4.69, 9.17) is 9.97 Å². The van der Waals surface area contributed by atoms with Crippen molar-refractivity contribution in [2.75, 3.05) is 0 Å². The number of fused-ring (bicyclic) bond motifs is 2. The number of benzene rings is 7. The quantitative estimate of drug-likeness (QED) is 0.170. The van der Waals surface area contributed by atoms with Gasteiger partial charge in [-0.15, -0.1) is 0 Å². The molecule has 7 aromatic carbocycles. The van der Waals surface area contributed by atoms with Crippen molar-refractivity contribution in [3.05, 3.63) is 188 Å². The lowest BCUT2D eigenvalue weighted by atomic mass is 9.85. The molecule has 0 N–H and O–H groups in total. The predicted molar refractivity (Wildman–Crippen MR) is 207 cm³/mol. The Labute approximate surface area is 291 Å². The molecule has 2 heterocycles. The molecule has 0 bridgehead atoms. The van der Waals surface area contributed by atoms with Crippen molar-refractivity contribution in [2.45, 2.75) is 0 Å². The highest BCUT2D eigenvalue weighted by Gasteiger charge is 2.17. The van der Waals surface area contributed by atoms with Gasteiger partial charge < -0.3 is 0 Å². The van der Waals surface area contributed by atoms with Gasteiger partial charge in [0.15, 0.2) is 5.82 Å². The minimum absolute atomic E-state index is 0.695. The molecular formula is C47H31N3. The molecule has 0 amide bonds. The van der Waals surface area contributed by atoms with E-state index < -0.39 is 0 Å². The summed E-state index contributed by atoms with van der Waals surface area (Å²) in [5.41, 5.74) is 11.6. The summed E-state index contributed by atoms with van der Waals surface area (Å²) in [5.74, 6) is 0.695. The van der Waals surface area contributed by atoms with Crippen LogP contribution in [0.5, 0.6) is 0 Å². The normalized spacial score (nSPS) is 11.2. The Bertz CT molecular complexity index is 2560. The van der Waals surface area contributed by atoms with Crippen LogP contribution < -0.4 is 0 Å². The maximum absolute atomic E-state index is 5.16. The zero-order valence-corrected chi connectivity index (χ0v) is 27.2. The van der Waals surface area contributed by atoms with Crippen molar-refractivity contribution in [1.29, 1.82) is 0 Å². The third kappa shape index (κ3) is 5.41. The third-order valence-corrected chi connectivity index (χ3v) is 9.34. The van der Waals surface area contributed by atoms with Crippen LogP contribution >= 0.6 is 0 Å². The first-order chi connectivity index (χ1) is 24.8. The molecule has 234 valence electrons. The Hall–Kier alpha value is -6.71. The van der Waals surface area contributed by atoms with E-state index in [0.29, 0.717) is 5.82 Å². The first-order valence-electron chi connectivity index (χ1n) is 16.9. The standard InChI is InChI=1S/C47H31N3/c1-3-14-34(15-4-1)45-38-20-7-9-22-40(38)46(41-23-10-8-21-39(41)45)37-19-13-18-36(30-37)44-31-43(49-47(50-44)35-16-5-2-6-17-35)33-27-25-32(26-28-33)42-24-11-12-29-48-42/h1-31H. The summed E-state index contributed by atoms with van der Waals surface area (Å²) in [6.07, 6.45) is 1.82. The number of aromatic nitrogens is 3. The van der Waals surface area contributed by atoms with Crippen LogP contribution in [0.4, 0.5) is 0 Å². The van der Waals surface area contributed by atoms with Crippen LogP contribution in [0.15, 0.2) is 188 Å². The van der Waals surface area contributed by atoms with E-state index in [-0.39, 0.29) is 0 Å². The lowest BCUT2D eigenvalue weighted by molar-refractivity contribution is 1.18. The molecule has 2 aromatic heterocycles. The van der Waals surface area contributed by atoms with Gasteiger partial charge in [0.1, 0.15) is 0 Å². The fourth-order valence-electron chi connectivity index (χ4n) is 6.99. The molecule has 0 saturated heterocycles. The molecule has 3 heteroatoms. The van der Waals surface area contributed by atoms with Crippen LogP contribution in [0.1, 0.15) is 0 Å². The summed E-state index contributed by atoms with van der Waals surface area (Å²) in [6.45, 7) is 0. The lowest BCUT2D eigenvalue weighted by Crippen LogP contribution is -1.96. The number of hydrogen-bond acceptors (Lipinski definition) is 3. The van der Waals surface area contributed by atoms with E-state index in [2.05, 4.69) is 151 Å². The molecule has 9 rings (SSSR count). The lowest BCUT2D eigenvalue weighted by Gasteiger charge is -2.18. The van der Waals surface area contributed by atoms with E-state index in [1.807, 2.05) is 42.6 Å². The molecule has 0 atom stereocenters. The highest BCUT2D eigenvalue weighted by Crippen LogP contribution is 2.44. The Morgan fingerprint density at radius 3 is 1.32 bits per heavy atom. The molecule has 0 saturated carbocycles. The molecule has 9 aromatic rings. The Balaban J connectivity index is 1.22. The van der Waals surface area contributed by atoms with Crippen molar-refractivity contribution in [3.8, 4) is 67.4 Å². The first-order valence-corrected chi connectivity index (χ1v) is 16.9. The zero-order valence-electron chi connectivity index (χ0n) is 27.2. The predicted octanol–water partition coefficient (Wildman–Crippen LogP) is 12.2. The average Bonchev–Trinajstić information content (AvgIpc) is 3.21. The summed E-state index contributed by atoms with van der Waals surface area (Å²) in [6, 6.07) is 63.8. The maximum atomic E-state index is 5.16. The van der Waals surface area contributed by atoms with Gasteiger partial charge in [0.05, 0.1) is 17.1 Å². The van der Waals surface area contributed by atoms with Gasteiger partial charge in [-0.25, -0.2) is 9.97 Å². The van der Waals surface area contributed by atoms with Gasteiger partial charge in [0, 0.05) is 28.5 Å². The molecule has 0 fully saturated rings. The van der Waals surface area contributed by atoms with E-state index in [0.717, 1.165) is 44.9 Å². The monoisotopic (exact) mass is 637 g/mol. The van der Waals surface area contributed by atoms with Gasteiger partial charge in [-0.1, -0.05) is 158 Å². The second-order valence-corrected chi connectivity index (χ2v) is 12.4. The van der Waals surface area contributed by atoms with Gasteiger partial charge in [-0.2, -0.15) is 0 Å². The Morgan fingerprint density at radius 2 is 0.740 bits per heavy atom. The smallest absolute Gasteiger partial charge is 0.160 e. The van der Waals surface area contributed by atoms with Gasteiger partial charge >= 0.3 is 0 Å². The average molecular weight is 638 g/mol. The molecule has 3 nitrogen and oxygen atoms in total. The van der Waals surface area contributed by atoms with E-state index in [1.165, 1.54) is 38.2 Å². The highest BCUT2D eigenvalue weighted by atomic mass is 14.9. The topological polar surface area (TPSA) is 38.7 Å². The fourth-order valence-corrected chi connectivity index (χ4v) is 6.99. The SMILES string of the molecule is c1ccc(-c2nc(-c3ccc(-c4ccccn4)cc3)cc(-c3cccc(-c4c5ccccc5c(-c5ccccc5)c5ccccc45)c3)n2)cc1. The van der Waals surface area contributed by atoms with Crippen molar-refractivity contribution < 1.29 is 0 Å². The summed E-state index contributed by atoms with van der Waals surface area (Å²) in [7, 11) is 0. The van der Waals surface area contributed by atoms with Crippen LogP contribution in [-0.4, -0.2) is 15.0 Å². The Morgan fingerprint density at radius 1 is 0.280 bits per heavy atom. The summed E-state index contributed by atoms with van der Waals surface area (Å²) >= 11 is 0. The minimum Gasteiger partial charge on any atom is -0.256 e. The number of hydrogen-bond donors (Lipinski definition) is 0.